The molecule has 0 aromatic carbocycles. The van der Waals surface area contributed by atoms with Crippen molar-refractivity contribution >= 4 is 0 Å². The van der Waals surface area contributed by atoms with Gasteiger partial charge in [0.05, 0.1) is 6.04 Å². The van der Waals surface area contributed by atoms with E-state index >= 15 is 0 Å². The van der Waals surface area contributed by atoms with Gasteiger partial charge in [-0.15, -0.1) is 0 Å². The molecule has 0 amide bonds. The van der Waals surface area contributed by atoms with Crippen molar-refractivity contribution in [1.29, 1.82) is 0 Å². The smallest absolute Gasteiger partial charge is 0.125 e. The van der Waals surface area contributed by atoms with E-state index < -0.39 is 0 Å². The Kier molecular flexibility index (Phi) is 8.55. The molecule has 0 aliphatic heterocycles. The van der Waals surface area contributed by atoms with E-state index in [1.807, 2.05) is 6.20 Å². The van der Waals surface area contributed by atoms with Crippen molar-refractivity contribution < 1.29 is 0 Å². The maximum atomic E-state index is 4.59. The molecule has 0 saturated heterocycles. The summed E-state index contributed by atoms with van der Waals surface area (Å²) in [5.41, 5.74) is 0. The molecule has 1 heterocycles. The highest BCUT2D eigenvalue weighted by atomic mass is 15.1. The van der Waals surface area contributed by atoms with Gasteiger partial charge in [-0.1, -0.05) is 46.5 Å². The predicted molar refractivity (Wildman–Crippen MR) is 82.3 cm³/mol. The van der Waals surface area contributed by atoms with Gasteiger partial charge in [-0.05, 0) is 25.8 Å². The van der Waals surface area contributed by atoms with Gasteiger partial charge in [0.25, 0.3) is 0 Å². The van der Waals surface area contributed by atoms with E-state index in [4.69, 9.17) is 0 Å². The van der Waals surface area contributed by atoms with Crippen LogP contribution in [0.5, 0.6) is 0 Å². The number of hydrogen-bond donors (Lipinski definition) is 1. The number of nitrogens with one attached hydrogen (secondary N) is 1. The number of nitrogens with zero attached hydrogens (tertiary/aromatic N) is 2. The molecule has 0 spiro atoms. The molecule has 0 aliphatic carbocycles. The summed E-state index contributed by atoms with van der Waals surface area (Å²) in [7, 11) is 0. The van der Waals surface area contributed by atoms with Crippen LogP contribution in [0.3, 0.4) is 0 Å². The molecular weight excluding hydrogens is 234 g/mol. The molecule has 3 heteroatoms. The van der Waals surface area contributed by atoms with E-state index in [1.165, 1.54) is 50.8 Å². The minimum atomic E-state index is 0.429. The van der Waals surface area contributed by atoms with Gasteiger partial charge in [0, 0.05) is 18.9 Å². The zero-order valence-electron chi connectivity index (χ0n) is 13.0. The Morgan fingerprint density at radius 3 is 2.63 bits per heavy atom. The molecule has 3 nitrogen and oxygen atoms in total. The summed E-state index contributed by atoms with van der Waals surface area (Å²) in [6.07, 6.45) is 12.9. The molecule has 0 aliphatic rings. The predicted octanol–water partition coefficient (Wildman–Crippen LogP) is 4.30. The highest BCUT2D eigenvalue weighted by Gasteiger charge is 2.15. The van der Waals surface area contributed by atoms with E-state index in [1.54, 1.807) is 0 Å². The Hall–Kier alpha value is -0.830. The summed E-state index contributed by atoms with van der Waals surface area (Å²) in [6.45, 7) is 8.87. The van der Waals surface area contributed by atoms with Gasteiger partial charge in [-0.25, -0.2) is 4.98 Å². The monoisotopic (exact) mass is 265 g/mol. The van der Waals surface area contributed by atoms with Crippen molar-refractivity contribution in [1.82, 2.24) is 14.9 Å². The van der Waals surface area contributed by atoms with Crippen LogP contribution in [0.15, 0.2) is 12.4 Å². The van der Waals surface area contributed by atoms with Crippen molar-refractivity contribution in [3.63, 3.8) is 0 Å². The lowest BCUT2D eigenvalue weighted by molar-refractivity contribution is 0.433. The zero-order valence-corrected chi connectivity index (χ0v) is 13.0. The van der Waals surface area contributed by atoms with Gasteiger partial charge in [0.2, 0.25) is 0 Å². The van der Waals surface area contributed by atoms with Crippen molar-refractivity contribution in [2.24, 2.45) is 0 Å². The number of hydrogen-bond acceptors (Lipinski definition) is 2. The summed E-state index contributed by atoms with van der Waals surface area (Å²) in [6, 6.07) is 0.429. The largest absolute Gasteiger partial charge is 0.334 e. The Bertz CT molecular complexity index is 320. The Balaban J connectivity index is 2.57. The Morgan fingerprint density at radius 1 is 1.11 bits per heavy atom. The average molecular weight is 265 g/mol. The SMILES string of the molecule is CCCCCCC(NCCC)c1nccn1CCC. The molecule has 1 aromatic rings. The van der Waals surface area contributed by atoms with Gasteiger partial charge in [-0.3, -0.25) is 0 Å². The molecule has 0 fully saturated rings. The lowest BCUT2D eigenvalue weighted by Gasteiger charge is -2.19. The summed E-state index contributed by atoms with van der Waals surface area (Å²) in [5, 5.41) is 3.66. The normalized spacial score (nSPS) is 12.8. The van der Waals surface area contributed by atoms with Crippen molar-refractivity contribution in [3.05, 3.63) is 18.2 Å². The molecule has 1 atom stereocenters. The van der Waals surface area contributed by atoms with Crippen molar-refractivity contribution in [2.75, 3.05) is 6.54 Å². The van der Waals surface area contributed by atoms with Gasteiger partial charge >= 0.3 is 0 Å². The number of rotatable bonds is 11. The Morgan fingerprint density at radius 2 is 1.95 bits per heavy atom. The number of unbranched alkanes of at least 4 members (excludes halogenated alkanes) is 3. The first-order valence-corrected chi connectivity index (χ1v) is 8.07. The third-order valence-corrected chi connectivity index (χ3v) is 3.51. The van der Waals surface area contributed by atoms with Crippen LogP contribution in [0, 0.1) is 0 Å². The second-order valence-corrected chi connectivity index (χ2v) is 5.33. The van der Waals surface area contributed by atoms with Crippen LogP contribution in [0.25, 0.3) is 0 Å². The molecule has 0 saturated carbocycles. The molecule has 1 rings (SSSR count). The van der Waals surface area contributed by atoms with E-state index in [0.717, 1.165) is 13.1 Å². The topological polar surface area (TPSA) is 29.9 Å². The molecule has 1 unspecified atom stereocenters. The standard InChI is InChI=1S/C16H31N3/c1-4-7-8-9-10-15(17-11-5-2)16-18-12-14-19(16)13-6-3/h12,14-15,17H,4-11,13H2,1-3H3. The number of aryl methyl sites for hydroxylation is 1. The van der Waals surface area contributed by atoms with Crippen LogP contribution in [0.4, 0.5) is 0 Å². The highest BCUT2D eigenvalue weighted by molar-refractivity contribution is 4.99. The fourth-order valence-corrected chi connectivity index (χ4v) is 2.48. The minimum Gasteiger partial charge on any atom is -0.334 e. The van der Waals surface area contributed by atoms with Crippen molar-refractivity contribution in [3.8, 4) is 0 Å². The third kappa shape index (κ3) is 5.77. The second kappa shape index (κ2) is 10.0. The van der Waals surface area contributed by atoms with Crippen LogP contribution in [-0.2, 0) is 6.54 Å². The zero-order chi connectivity index (χ0) is 13.9. The molecule has 110 valence electrons. The first-order chi connectivity index (χ1) is 9.33. The van der Waals surface area contributed by atoms with Gasteiger partial charge in [0.1, 0.15) is 5.82 Å². The minimum absolute atomic E-state index is 0.429. The summed E-state index contributed by atoms with van der Waals surface area (Å²) in [4.78, 5) is 4.59. The summed E-state index contributed by atoms with van der Waals surface area (Å²) in [5.74, 6) is 1.23. The molecule has 19 heavy (non-hydrogen) atoms. The fraction of sp³-hybridized carbons (Fsp3) is 0.812. The van der Waals surface area contributed by atoms with Crippen LogP contribution in [-0.4, -0.2) is 16.1 Å². The summed E-state index contributed by atoms with van der Waals surface area (Å²) < 4.78 is 2.31. The van der Waals surface area contributed by atoms with E-state index in [0.29, 0.717) is 6.04 Å². The first-order valence-electron chi connectivity index (χ1n) is 8.07. The lowest BCUT2D eigenvalue weighted by Crippen LogP contribution is -2.25. The van der Waals surface area contributed by atoms with Crippen LogP contribution < -0.4 is 5.32 Å². The molecule has 1 N–H and O–H groups in total. The summed E-state index contributed by atoms with van der Waals surface area (Å²) >= 11 is 0. The van der Waals surface area contributed by atoms with E-state index in [2.05, 4.69) is 41.8 Å². The van der Waals surface area contributed by atoms with Gasteiger partial charge in [0.15, 0.2) is 0 Å². The van der Waals surface area contributed by atoms with Crippen molar-refractivity contribution in [2.45, 2.75) is 78.3 Å². The molecule has 0 radical (unpaired) electrons. The molecule has 0 bridgehead atoms. The van der Waals surface area contributed by atoms with Crippen LogP contribution >= 0.6 is 0 Å². The molecular formula is C16H31N3. The highest BCUT2D eigenvalue weighted by Crippen LogP contribution is 2.19. The van der Waals surface area contributed by atoms with Gasteiger partial charge in [-0.2, -0.15) is 0 Å². The van der Waals surface area contributed by atoms with Crippen LogP contribution in [0.1, 0.15) is 77.6 Å². The van der Waals surface area contributed by atoms with Gasteiger partial charge < -0.3 is 9.88 Å². The number of imidazole rings is 1. The lowest BCUT2D eigenvalue weighted by atomic mass is 10.1. The third-order valence-electron chi connectivity index (χ3n) is 3.51. The van der Waals surface area contributed by atoms with E-state index in [-0.39, 0.29) is 0 Å². The Labute approximate surface area is 118 Å². The fourth-order valence-electron chi connectivity index (χ4n) is 2.48. The quantitative estimate of drug-likeness (QED) is 0.604. The first kappa shape index (κ1) is 16.2. The van der Waals surface area contributed by atoms with Crippen LogP contribution in [0.2, 0.25) is 0 Å². The van der Waals surface area contributed by atoms with E-state index in [9.17, 15) is 0 Å². The average Bonchev–Trinajstić information content (AvgIpc) is 2.87. The second-order valence-electron chi connectivity index (χ2n) is 5.33. The molecule has 1 aromatic heterocycles. The maximum absolute atomic E-state index is 4.59. The number of aromatic nitrogens is 2. The maximum Gasteiger partial charge on any atom is 0.125 e.